The minimum Gasteiger partial charge on any atom is -0.497 e. The number of pyridine rings is 1. The predicted octanol–water partition coefficient (Wildman–Crippen LogP) is 6.85. The van der Waals surface area contributed by atoms with E-state index < -0.39 is 0 Å². The Morgan fingerprint density at radius 1 is 1.00 bits per heavy atom. The Hall–Kier alpha value is -3.87. The van der Waals surface area contributed by atoms with Crippen LogP contribution in [0.1, 0.15) is 15.2 Å². The summed E-state index contributed by atoms with van der Waals surface area (Å²) < 4.78 is 5.33. The van der Waals surface area contributed by atoms with Crippen LogP contribution in [0.3, 0.4) is 0 Å². The van der Waals surface area contributed by atoms with Gasteiger partial charge < -0.3 is 15.8 Å². The number of nitrogens with zero attached hydrogens (tertiary/aromatic N) is 1. The average Bonchev–Trinajstić information content (AvgIpc) is 3.25. The van der Waals surface area contributed by atoms with Gasteiger partial charge in [0, 0.05) is 22.5 Å². The largest absolute Gasteiger partial charge is 0.497 e. The molecule has 0 spiro atoms. The number of benzene rings is 3. The fourth-order valence-electron chi connectivity index (χ4n) is 4.10. The number of ether oxygens (including phenoxy) is 1. The molecule has 2 heterocycles. The van der Waals surface area contributed by atoms with Crippen LogP contribution in [0.25, 0.3) is 32.6 Å². The van der Waals surface area contributed by atoms with E-state index in [-0.39, 0.29) is 5.91 Å². The van der Waals surface area contributed by atoms with Gasteiger partial charge in [-0.2, -0.15) is 0 Å². The van der Waals surface area contributed by atoms with E-state index in [1.807, 2.05) is 84.9 Å². The zero-order valence-corrected chi connectivity index (χ0v) is 21.2. The number of nitrogen functional groups attached to an aromatic ring is 1. The van der Waals surface area contributed by atoms with Crippen molar-refractivity contribution >= 4 is 44.7 Å². The normalized spacial score (nSPS) is 10.9. The van der Waals surface area contributed by atoms with Crippen molar-refractivity contribution in [2.75, 3.05) is 19.4 Å². The van der Waals surface area contributed by atoms with Crippen molar-refractivity contribution in [3.8, 4) is 28.1 Å². The highest BCUT2D eigenvalue weighted by atomic mass is 35.5. The van der Waals surface area contributed by atoms with E-state index in [0.29, 0.717) is 27.0 Å². The van der Waals surface area contributed by atoms with E-state index in [9.17, 15) is 4.79 Å². The zero-order chi connectivity index (χ0) is 25.1. The van der Waals surface area contributed by atoms with Crippen LogP contribution in [0, 0.1) is 0 Å². The molecule has 3 N–H and O–H groups in total. The number of aromatic nitrogens is 1. The summed E-state index contributed by atoms with van der Waals surface area (Å²) in [4.78, 5) is 19.2. The number of halogens is 1. The number of anilines is 1. The monoisotopic (exact) mass is 513 g/mol. The predicted molar refractivity (Wildman–Crippen MR) is 149 cm³/mol. The smallest absolute Gasteiger partial charge is 0.263 e. The van der Waals surface area contributed by atoms with Crippen molar-refractivity contribution in [1.82, 2.24) is 10.3 Å². The summed E-state index contributed by atoms with van der Waals surface area (Å²) in [7, 11) is 1.64. The van der Waals surface area contributed by atoms with Gasteiger partial charge in [-0.1, -0.05) is 66.2 Å². The lowest BCUT2D eigenvalue weighted by molar-refractivity contribution is 0.0959. The molecule has 0 aliphatic heterocycles. The Morgan fingerprint density at radius 2 is 1.69 bits per heavy atom. The number of thiophene rings is 1. The second-order valence-corrected chi connectivity index (χ2v) is 9.74. The molecular formula is C29H24ClN3O2S. The average molecular weight is 514 g/mol. The van der Waals surface area contributed by atoms with Gasteiger partial charge in [0.25, 0.3) is 5.91 Å². The van der Waals surface area contributed by atoms with Crippen LogP contribution in [-0.4, -0.2) is 24.5 Å². The number of carbonyl (C=O) groups excluding carboxylic acids is 1. The highest BCUT2D eigenvalue weighted by Gasteiger charge is 2.21. The van der Waals surface area contributed by atoms with Crippen molar-refractivity contribution in [2.24, 2.45) is 0 Å². The van der Waals surface area contributed by atoms with E-state index in [2.05, 4.69) is 5.32 Å². The number of nitrogens with one attached hydrogen (secondary N) is 1. The maximum Gasteiger partial charge on any atom is 0.263 e. The van der Waals surface area contributed by atoms with Gasteiger partial charge in [0.15, 0.2) is 0 Å². The molecule has 0 aliphatic carbocycles. The third-order valence-corrected chi connectivity index (χ3v) is 7.34. The number of nitrogens with two attached hydrogens (primary N) is 1. The van der Waals surface area contributed by atoms with Gasteiger partial charge in [-0.15, -0.1) is 11.3 Å². The molecule has 0 radical (unpaired) electrons. The summed E-state index contributed by atoms with van der Waals surface area (Å²) >= 11 is 7.41. The molecule has 36 heavy (non-hydrogen) atoms. The Morgan fingerprint density at radius 3 is 2.39 bits per heavy atom. The molecule has 0 atom stereocenters. The zero-order valence-electron chi connectivity index (χ0n) is 19.6. The van der Waals surface area contributed by atoms with Crippen LogP contribution in [0.4, 0.5) is 5.69 Å². The standard InChI is InChI=1S/C29H24ClN3O2S/c1-35-22-13-9-19(10-14-22)23-17-24(20-7-11-21(30)12-8-20)33-29-25(23)26(31)27(36-29)28(34)32-16-15-18-5-3-2-4-6-18/h2-14,17H,15-16,31H2,1H3,(H,32,34). The van der Waals surface area contributed by atoms with E-state index in [0.717, 1.165) is 45.5 Å². The summed E-state index contributed by atoms with van der Waals surface area (Å²) in [5, 5.41) is 4.44. The molecule has 5 nitrogen and oxygen atoms in total. The Bertz CT molecular complexity index is 1520. The molecule has 180 valence electrons. The van der Waals surface area contributed by atoms with E-state index >= 15 is 0 Å². The van der Waals surface area contributed by atoms with Crippen LogP contribution < -0.4 is 15.8 Å². The fraction of sp³-hybridized carbons (Fsp3) is 0.103. The molecule has 0 aliphatic rings. The lowest BCUT2D eigenvalue weighted by Gasteiger charge is -2.10. The van der Waals surface area contributed by atoms with Crippen molar-refractivity contribution in [3.63, 3.8) is 0 Å². The third-order valence-electron chi connectivity index (χ3n) is 5.99. The number of rotatable bonds is 7. The molecule has 5 rings (SSSR count). The Labute approximate surface area is 218 Å². The first-order valence-corrected chi connectivity index (χ1v) is 12.7. The van der Waals surface area contributed by atoms with Gasteiger partial charge in [0.05, 0.1) is 18.5 Å². The molecule has 0 bridgehead atoms. The molecule has 0 unspecified atom stereocenters. The summed E-state index contributed by atoms with van der Waals surface area (Å²) in [6.07, 6.45) is 0.743. The maximum absolute atomic E-state index is 13.1. The van der Waals surface area contributed by atoms with Gasteiger partial charge in [0.1, 0.15) is 15.5 Å². The van der Waals surface area contributed by atoms with Gasteiger partial charge in [-0.25, -0.2) is 4.98 Å². The Balaban J connectivity index is 1.54. The molecule has 1 amide bonds. The number of amides is 1. The van der Waals surface area contributed by atoms with E-state index in [1.54, 1.807) is 7.11 Å². The van der Waals surface area contributed by atoms with Gasteiger partial charge >= 0.3 is 0 Å². The van der Waals surface area contributed by atoms with Crippen LogP contribution >= 0.6 is 22.9 Å². The topological polar surface area (TPSA) is 77.2 Å². The minimum absolute atomic E-state index is 0.194. The molecule has 3 aromatic carbocycles. The summed E-state index contributed by atoms with van der Waals surface area (Å²) in [6.45, 7) is 0.519. The molecule has 0 saturated carbocycles. The first-order valence-electron chi connectivity index (χ1n) is 11.5. The van der Waals surface area contributed by atoms with Crippen LogP contribution in [-0.2, 0) is 6.42 Å². The van der Waals surface area contributed by atoms with Crippen LogP contribution in [0.2, 0.25) is 5.02 Å². The lowest BCUT2D eigenvalue weighted by Crippen LogP contribution is -2.25. The molecular weight excluding hydrogens is 490 g/mol. The molecule has 0 saturated heterocycles. The summed E-state index contributed by atoms with van der Waals surface area (Å²) in [5.41, 5.74) is 11.8. The van der Waals surface area contributed by atoms with Crippen molar-refractivity contribution in [1.29, 1.82) is 0 Å². The number of hydrogen-bond acceptors (Lipinski definition) is 5. The third kappa shape index (κ3) is 4.91. The van der Waals surface area contributed by atoms with Crippen molar-refractivity contribution < 1.29 is 9.53 Å². The number of fused-ring (bicyclic) bond motifs is 1. The second-order valence-electron chi connectivity index (χ2n) is 8.31. The number of methoxy groups -OCH3 is 1. The fourth-order valence-corrected chi connectivity index (χ4v) is 5.26. The van der Waals surface area contributed by atoms with Crippen molar-refractivity contribution in [2.45, 2.75) is 6.42 Å². The Kier molecular flexibility index (Phi) is 6.89. The molecule has 2 aromatic heterocycles. The highest BCUT2D eigenvalue weighted by molar-refractivity contribution is 7.21. The van der Waals surface area contributed by atoms with Crippen molar-refractivity contribution in [3.05, 3.63) is 100 Å². The first-order chi connectivity index (χ1) is 17.5. The first kappa shape index (κ1) is 23.9. The summed E-state index contributed by atoms with van der Waals surface area (Å²) in [5.74, 6) is 0.568. The lowest BCUT2D eigenvalue weighted by atomic mass is 9.99. The highest BCUT2D eigenvalue weighted by Crippen LogP contribution is 2.41. The van der Waals surface area contributed by atoms with Crippen LogP contribution in [0.5, 0.6) is 5.75 Å². The van der Waals surface area contributed by atoms with E-state index in [1.165, 1.54) is 11.3 Å². The quantitative estimate of drug-likeness (QED) is 0.249. The maximum atomic E-state index is 13.1. The van der Waals surface area contributed by atoms with E-state index in [4.69, 9.17) is 27.1 Å². The minimum atomic E-state index is -0.194. The summed E-state index contributed by atoms with van der Waals surface area (Å²) in [6, 6.07) is 27.4. The number of hydrogen-bond donors (Lipinski definition) is 2. The van der Waals surface area contributed by atoms with Gasteiger partial charge in [-0.3, -0.25) is 4.79 Å². The van der Waals surface area contributed by atoms with Gasteiger partial charge in [0.2, 0.25) is 0 Å². The molecule has 0 fully saturated rings. The van der Waals surface area contributed by atoms with Gasteiger partial charge in [-0.05, 0) is 53.4 Å². The second kappa shape index (κ2) is 10.4. The SMILES string of the molecule is COc1ccc(-c2cc(-c3ccc(Cl)cc3)nc3sc(C(=O)NCCc4ccccc4)c(N)c23)cc1. The molecule has 5 aromatic rings. The van der Waals surface area contributed by atoms with Crippen LogP contribution in [0.15, 0.2) is 84.9 Å². The number of carbonyl (C=O) groups is 1. The molecule has 7 heteroatoms.